The van der Waals surface area contributed by atoms with Crippen molar-refractivity contribution in [2.45, 2.75) is 30.9 Å². The van der Waals surface area contributed by atoms with E-state index in [-0.39, 0.29) is 5.75 Å². The Hall–Kier alpha value is -1.82. The van der Waals surface area contributed by atoms with Crippen LogP contribution in [0.3, 0.4) is 0 Å². The number of carbonyl (C=O) groups is 1. The van der Waals surface area contributed by atoms with Gasteiger partial charge >= 0.3 is 5.97 Å². The predicted molar refractivity (Wildman–Crippen MR) is 79.3 cm³/mol. The molecule has 0 amide bonds. The second-order valence-corrected chi connectivity index (χ2v) is 6.13. The summed E-state index contributed by atoms with van der Waals surface area (Å²) in [5.41, 5.74) is 2.77. The summed E-state index contributed by atoms with van der Waals surface area (Å²) in [5.74, 6) is 1.22. The van der Waals surface area contributed by atoms with Crippen LogP contribution in [0.5, 0.6) is 0 Å². The molecule has 21 heavy (non-hydrogen) atoms. The summed E-state index contributed by atoms with van der Waals surface area (Å²) in [6, 6.07) is 8.47. The molecular formula is C15H16N2O3S. The molecule has 1 heterocycles. The van der Waals surface area contributed by atoms with Crippen LogP contribution in [0.4, 0.5) is 0 Å². The zero-order valence-electron chi connectivity index (χ0n) is 11.5. The Morgan fingerprint density at radius 2 is 2.19 bits per heavy atom. The second-order valence-electron chi connectivity index (χ2n) is 5.14. The summed E-state index contributed by atoms with van der Waals surface area (Å²) in [4.78, 5) is 14.9. The second kappa shape index (κ2) is 6.30. The number of hydrogen-bond acceptors (Lipinski definition) is 5. The van der Waals surface area contributed by atoms with Gasteiger partial charge in [0.2, 0.25) is 5.89 Å². The Morgan fingerprint density at radius 3 is 3.00 bits per heavy atom. The van der Waals surface area contributed by atoms with Crippen LogP contribution < -0.4 is 0 Å². The van der Waals surface area contributed by atoms with E-state index in [1.54, 1.807) is 0 Å². The van der Waals surface area contributed by atoms with Gasteiger partial charge in [-0.2, -0.15) is 4.98 Å². The SMILES string of the molecule is O=C(O)CSCc1nc(C2CCc3ccccc3C2)no1. The van der Waals surface area contributed by atoms with Crippen LogP contribution in [-0.4, -0.2) is 27.0 Å². The van der Waals surface area contributed by atoms with E-state index >= 15 is 0 Å². The van der Waals surface area contributed by atoms with Gasteiger partial charge in [-0.05, 0) is 30.4 Å². The number of hydrogen-bond donors (Lipinski definition) is 1. The fourth-order valence-electron chi connectivity index (χ4n) is 2.64. The molecule has 6 heteroatoms. The van der Waals surface area contributed by atoms with E-state index in [4.69, 9.17) is 9.63 Å². The molecule has 110 valence electrons. The van der Waals surface area contributed by atoms with Gasteiger partial charge < -0.3 is 9.63 Å². The van der Waals surface area contributed by atoms with Crippen molar-refractivity contribution < 1.29 is 14.4 Å². The lowest BCUT2D eigenvalue weighted by atomic mass is 9.83. The van der Waals surface area contributed by atoms with Crippen LogP contribution in [0.2, 0.25) is 0 Å². The van der Waals surface area contributed by atoms with Crippen molar-refractivity contribution in [2.24, 2.45) is 0 Å². The van der Waals surface area contributed by atoms with Crippen molar-refractivity contribution in [1.29, 1.82) is 0 Å². The third-order valence-corrected chi connectivity index (χ3v) is 4.55. The average molecular weight is 304 g/mol. The molecule has 0 saturated heterocycles. The molecule has 1 unspecified atom stereocenters. The number of rotatable bonds is 5. The molecule has 0 radical (unpaired) electrons. The van der Waals surface area contributed by atoms with Crippen molar-refractivity contribution in [3.8, 4) is 0 Å². The number of fused-ring (bicyclic) bond motifs is 1. The van der Waals surface area contributed by atoms with E-state index in [0.29, 0.717) is 17.6 Å². The van der Waals surface area contributed by atoms with E-state index < -0.39 is 5.97 Å². The van der Waals surface area contributed by atoms with Gasteiger partial charge in [0.15, 0.2) is 5.82 Å². The average Bonchev–Trinajstić information content (AvgIpc) is 2.95. The van der Waals surface area contributed by atoms with E-state index in [2.05, 4.69) is 34.4 Å². The molecule has 1 aliphatic carbocycles. The number of thioether (sulfide) groups is 1. The van der Waals surface area contributed by atoms with Crippen LogP contribution >= 0.6 is 11.8 Å². The highest BCUT2D eigenvalue weighted by Crippen LogP contribution is 2.31. The highest BCUT2D eigenvalue weighted by Gasteiger charge is 2.24. The van der Waals surface area contributed by atoms with Gasteiger partial charge in [0.1, 0.15) is 0 Å². The molecule has 5 nitrogen and oxygen atoms in total. The van der Waals surface area contributed by atoms with E-state index in [9.17, 15) is 4.79 Å². The fraction of sp³-hybridized carbons (Fsp3) is 0.400. The largest absolute Gasteiger partial charge is 0.481 e. The van der Waals surface area contributed by atoms with Gasteiger partial charge in [0.25, 0.3) is 0 Å². The normalized spacial score (nSPS) is 17.4. The molecule has 1 atom stereocenters. The lowest BCUT2D eigenvalue weighted by Crippen LogP contribution is -2.13. The first-order chi connectivity index (χ1) is 10.2. The molecular weight excluding hydrogens is 288 g/mol. The minimum atomic E-state index is -0.830. The third kappa shape index (κ3) is 3.44. The lowest BCUT2D eigenvalue weighted by molar-refractivity contribution is -0.133. The zero-order valence-corrected chi connectivity index (χ0v) is 12.3. The van der Waals surface area contributed by atoms with Crippen molar-refractivity contribution in [2.75, 3.05) is 5.75 Å². The Bertz CT molecular complexity index is 641. The molecule has 1 aliphatic rings. The monoisotopic (exact) mass is 304 g/mol. The number of benzene rings is 1. The Morgan fingerprint density at radius 1 is 1.38 bits per heavy atom. The first-order valence-corrected chi connectivity index (χ1v) is 8.06. The zero-order chi connectivity index (χ0) is 14.7. The van der Waals surface area contributed by atoms with Crippen LogP contribution in [-0.2, 0) is 23.4 Å². The van der Waals surface area contributed by atoms with E-state index in [1.165, 1.54) is 22.9 Å². The molecule has 0 saturated carbocycles. The van der Waals surface area contributed by atoms with Gasteiger partial charge in [-0.1, -0.05) is 29.4 Å². The molecule has 1 aromatic carbocycles. The summed E-state index contributed by atoms with van der Waals surface area (Å²) in [7, 11) is 0. The molecule has 0 spiro atoms. The number of carboxylic acid groups (broad SMARTS) is 1. The first kappa shape index (κ1) is 14.1. The maximum atomic E-state index is 10.5. The molecule has 1 aromatic heterocycles. The molecule has 2 aromatic rings. The first-order valence-electron chi connectivity index (χ1n) is 6.91. The highest BCUT2D eigenvalue weighted by atomic mass is 32.2. The summed E-state index contributed by atoms with van der Waals surface area (Å²) in [6.07, 6.45) is 3.01. The van der Waals surface area contributed by atoms with Crippen molar-refractivity contribution >= 4 is 17.7 Å². The van der Waals surface area contributed by atoms with Crippen LogP contribution in [0, 0.1) is 0 Å². The summed E-state index contributed by atoms with van der Waals surface area (Å²) >= 11 is 1.27. The summed E-state index contributed by atoms with van der Waals surface area (Å²) < 4.78 is 5.21. The molecule has 3 rings (SSSR count). The molecule has 1 N–H and O–H groups in total. The fourth-order valence-corrected chi connectivity index (χ4v) is 3.20. The van der Waals surface area contributed by atoms with Crippen LogP contribution in [0.15, 0.2) is 28.8 Å². The Labute approximate surface area is 126 Å². The maximum Gasteiger partial charge on any atom is 0.313 e. The number of aliphatic carboxylic acids is 1. The van der Waals surface area contributed by atoms with Crippen molar-refractivity contribution in [1.82, 2.24) is 10.1 Å². The quantitative estimate of drug-likeness (QED) is 0.915. The maximum absolute atomic E-state index is 10.5. The molecule has 0 aliphatic heterocycles. The lowest BCUT2D eigenvalue weighted by Gasteiger charge is -2.21. The number of nitrogens with zero attached hydrogens (tertiary/aromatic N) is 2. The Balaban J connectivity index is 1.63. The van der Waals surface area contributed by atoms with Gasteiger partial charge in [0.05, 0.1) is 11.5 Å². The minimum absolute atomic E-state index is 0.0501. The van der Waals surface area contributed by atoms with Gasteiger partial charge in [0, 0.05) is 5.92 Å². The van der Waals surface area contributed by atoms with E-state index in [1.807, 2.05) is 0 Å². The number of aromatic nitrogens is 2. The standard InChI is InChI=1S/C15H16N2O3S/c18-14(19)9-21-8-13-16-15(17-20-13)12-6-5-10-3-1-2-4-11(10)7-12/h1-4,12H,5-9H2,(H,18,19). The van der Waals surface area contributed by atoms with Crippen molar-refractivity contribution in [3.63, 3.8) is 0 Å². The van der Waals surface area contributed by atoms with Gasteiger partial charge in [-0.3, -0.25) is 4.79 Å². The molecule has 0 bridgehead atoms. The summed E-state index contributed by atoms with van der Waals surface area (Å²) in [5, 5.41) is 12.7. The minimum Gasteiger partial charge on any atom is -0.481 e. The van der Waals surface area contributed by atoms with Gasteiger partial charge in [-0.25, -0.2) is 0 Å². The van der Waals surface area contributed by atoms with Crippen LogP contribution in [0.25, 0.3) is 0 Å². The summed E-state index contributed by atoms with van der Waals surface area (Å²) in [6.45, 7) is 0. The highest BCUT2D eigenvalue weighted by molar-refractivity contribution is 7.99. The predicted octanol–water partition coefficient (Wildman–Crippen LogP) is 2.66. The smallest absolute Gasteiger partial charge is 0.313 e. The third-order valence-electron chi connectivity index (χ3n) is 3.65. The Kier molecular flexibility index (Phi) is 4.24. The molecule has 0 fully saturated rings. The number of carboxylic acids is 1. The van der Waals surface area contributed by atoms with Crippen LogP contribution in [0.1, 0.15) is 35.2 Å². The van der Waals surface area contributed by atoms with Crippen molar-refractivity contribution in [3.05, 3.63) is 47.1 Å². The number of aryl methyl sites for hydroxylation is 1. The van der Waals surface area contributed by atoms with E-state index in [0.717, 1.165) is 25.1 Å². The topological polar surface area (TPSA) is 76.2 Å². The van der Waals surface area contributed by atoms with Gasteiger partial charge in [-0.15, -0.1) is 11.8 Å².